The molecule has 3 aromatic rings. The number of benzene rings is 2. The Kier molecular flexibility index (Phi) is 5.62. The molecule has 1 unspecified atom stereocenters. The molecule has 0 radical (unpaired) electrons. The van der Waals surface area contributed by atoms with E-state index >= 15 is 0 Å². The second kappa shape index (κ2) is 8.49. The Hall–Kier alpha value is -3.12. The zero-order chi connectivity index (χ0) is 20.2. The molecule has 1 aliphatic carbocycles. The van der Waals surface area contributed by atoms with Crippen LogP contribution in [0.3, 0.4) is 0 Å². The van der Waals surface area contributed by atoms with Crippen LogP contribution in [-0.4, -0.2) is 40.6 Å². The number of aliphatic hydroxyl groups is 1. The molecule has 150 valence electrons. The van der Waals surface area contributed by atoms with Crippen molar-refractivity contribution in [3.63, 3.8) is 0 Å². The third kappa shape index (κ3) is 4.49. The first-order chi connectivity index (χ1) is 14.2. The van der Waals surface area contributed by atoms with Crippen molar-refractivity contribution >= 4 is 5.91 Å². The average Bonchev–Trinajstić information content (AvgIpc) is 3.47. The van der Waals surface area contributed by atoms with Gasteiger partial charge in [0.2, 0.25) is 0 Å². The maximum Gasteiger partial charge on any atom is 0.272 e. The van der Waals surface area contributed by atoms with Gasteiger partial charge >= 0.3 is 0 Å². The third-order valence-electron chi connectivity index (χ3n) is 5.20. The van der Waals surface area contributed by atoms with Crippen molar-refractivity contribution in [2.45, 2.75) is 25.3 Å². The smallest absolute Gasteiger partial charge is 0.272 e. The number of aliphatic hydroxyl groups excluding tert-OH is 1. The van der Waals surface area contributed by atoms with Gasteiger partial charge in [-0.1, -0.05) is 31.0 Å². The summed E-state index contributed by atoms with van der Waals surface area (Å²) in [6.07, 6.45) is 3.17. The van der Waals surface area contributed by atoms with Gasteiger partial charge in [-0.3, -0.25) is 4.79 Å². The highest BCUT2D eigenvalue weighted by atomic mass is 16.5. The molecular formula is C23H25N3O3. The molecule has 6 heteroatoms. The summed E-state index contributed by atoms with van der Waals surface area (Å²) in [6, 6.07) is 18.9. The van der Waals surface area contributed by atoms with Gasteiger partial charge in [-0.2, -0.15) is 5.10 Å². The lowest BCUT2D eigenvalue weighted by atomic mass is 10.1. The van der Waals surface area contributed by atoms with Gasteiger partial charge < -0.3 is 15.2 Å². The van der Waals surface area contributed by atoms with E-state index in [1.807, 2.05) is 54.6 Å². The Labute approximate surface area is 170 Å². The number of ether oxygens (including phenoxy) is 1. The van der Waals surface area contributed by atoms with Crippen LogP contribution in [0.2, 0.25) is 0 Å². The molecule has 0 aliphatic heterocycles. The Bertz CT molecular complexity index is 963. The highest BCUT2D eigenvalue weighted by Gasteiger charge is 2.27. The van der Waals surface area contributed by atoms with Crippen molar-refractivity contribution in [3.05, 3.63) is 66.4 Å². The standard InChI is InChI=1S/C23H25N3O3/c1-29-20-11-9-17(10-12-20)22-14-21(25-26(22)19-5-3-2-4-6-19)23(28)24-18(15-27)13-16-7-8-16/h2-6,9-12,14,16,18,27H,7-8,13,15H2,1H3,(H,24,28). The van der Waals surface area contributed by atoms with E-state index in [4.69, 9.17) is 4.74 Å². The summed E-state index contributed by atoms with van der Waals surface area (Å²) in [5.41, 5.74) is 2.94. The number of methoxy groups -OCH3 is 1. The quantitative estimate of drug-likeness (QED) is 0.617. The van der Waals surface area contributed by atoms with E-state index in [9.17, 15) is 9.90 Å². The van der Waals surface area contributed by atoms with Gasteiger partial charge in [-0.15, -0.1) is 0 Å². The van der Waals surface area contributed by atoms with Crippen molar-refractivity contribution in [3.8, 4) is 22.7 Å². The summed E-state index contributed by atoms with van der Waals surface area (Å²) in [5, 5.41) is 17.1. The second-order valence-electron chi connectivity index (χ2n) is 7.42. The molecule has 6 nitrogen and oxygen atoms in total. The lowest BCUT2D eigenvalue weighted by molar-refractivity contribution is 0.0905. The summed E-state index contributed by atoms with van der Waals surface area (Å²) in [7, 11) is 1.63. The molecule has 4 rings (SSSR count). The summed E-state index contributed by atoms with van der Waals surface area (Å²) in [6.45, 7) is -0.0625. The maximum atomic E-state index is 12.8. The van der Waals surface area contributed by atoms with Crippen LogP contribution in [0.15, 0.2) is 60.7 Å². The van der Waals surface area contributed by atoms with E-state index in [-0.39, 0.29) is 18.6 Å². The van der Waals surface area contributed by atoms with Crippen LogP contribution in [0.1, 0.15) is 29.8 Å². The van der Waals surface area contributed by atoms with Crippen LogP contribution in [0.25, 0.3) is 16.9 Å². The SMILES string of the molecule is COc1ccc(-c2cc(C(=O)NC(CO)CC3CC3)nn2-c2ccccc2)cc1. The molecule has 1 atom stereocenters. The Morgan fingerprint density at radius 1 is 1.21 bits per heavy atom. The number of aromatic nitrogens is 2. The van der Waals surface area contributed by atoms with E-state index in [0.717, 1.165) is 29.1 Å². The van der Waals surface area contributed by atoms with Crippen LogP contribution < -0.4 is 10.1 Å². The first-order valence-corrected chi connectivity index (χ1v) is 9.89. The Morgan fingerprint density at radius 2 is 1.93 bits per heavy atom. The molecule has 2 aromatic carbocycles. The highest BCUT2D eigenvalue weighted by Crippen LogP contribution is 2.33. The molecular weight excluding hydrogens is 366 g/mol. The lowest BCUT2D eigenvalue weighted by Crippen LogP contribution is -2.38. The number of amides is 1. The third-order valence-corrected chi connectivity index (χ3v) is 5.20. The molecule has 1 saturated carbocycles. The van der Waals surface area contributed by atoms with Crippen molar-refractivity contribution in [1.82, 2.24) is 15.1 Å². The van der Waals surface area contributed by atoms with Crippen molar-refractivity contribution in [1.29, 1.82) is 0 Å². The first kappa shape index (κ1) is 19.2. The normalized spacial score (nSPS) is 14.4. The van der Waals surface area contributed by atoms with Crippen molar-refractivity contribution in [2.24, 2.45) is 5.92 Å². The molecule has 1 amide bonds. The fourth-order valence-electron chi connectivity index (χ4n) is 3.42. The number of hydrogen-bond acceptors (Lipinski definition) is 4. The molecule has 2 N–H and O–H groups in total. The highest BCUT2D eigenvalue weighted by molar-refractivity contribution is 5.93. The second-order valence-corrected chi connectivity index (χ2v) is 7.42. The van der Waals surface area contributed by atoms with Gasteiger partial charge in [-0.25, -0.2) is 4.68 Å². The molecule has 29 heavy (non-hydrogen) atoms. The minimum absolute atomic E-state index is 0.0625. The summed E-state index contributed by atoms with van der Waals surface area (Å²) < 4.78 is 7.02. The number of carbonyl (C=O) groups is 1. The molecule has 1 fully saturated rings. The van der Waals surface area contributed by atoms with Crippen LogP contribution >= 0.6 is 0 Å². The van der Waals surface area contributed by atoms with Crippen LogP contribution in [0.4, 0.5) is 0 Å². The monoisotopic (exact) mass is 391 g/mol. The van der Waals surface area contributed by atoms with Gasteiger partial charge in [0.05, 0.1) is 31.1 Å². The number of hydrogen-bond donors (Lipinski definition) is 2. The molecule has 0 bridgehead atoms. The zero-order valence-corrected chi connectivity index (χ0v) is 16.4. The number of nitrogens with one attached hydrogen (secondary N) is 1. The van der Waals surface area contributed by atoms with E-state index in [2.05, 4.69) is 10.4 Å². The van der Waals surface area contributed by atoms with Gasteiger partial charge in [0.25, 0.3) is 5.91 Å². The van der Waals surface area contributed by atoms with Crippen LogP contribution in [0, 0.1) is 5.92 Å². The summed E-state index contributed by atoms with van der Waals surface area (Å²) in [5.74, 6) is 1.11. The van der Waals surface area contributed by atoms with E-state index in [1.165, 1.54) is 12.8 Å². The van der Waals surface area contributed by atoms with Crippen LogP contribution in [-0.2, 0) is 0 Å². The minimum Gasteiger partial charge on any atom is -0.497 e. The Morgan fingerprint density at radius 3 is 2.55 bits per heavy atom. The first-order valence-electron chi connectivity index (χ1n) is 9.89. The summed E-state index contributed by atoms with van der Waals surface area (Å²) >= 11 is 0. The van der Waals surface area contributed by atoms with Crippen molar-refractivity contribution in [2.75, 3.05) is 13.7 Å². The van der Waals surface area contributed by atoms with Gasteiger partial charge in [0.1, 0.15) is 5.75 Å². The fraction of sp³-hybridized carbons (Fsp3) is 0.304. The molecule has 0 spiro atoms. The largest absolute Gasteiger partial charge is 0.497 e. The topological polar surface area (TPSA) is 76.4 Å². The van der Waals surface area contributed by atoms with Crippen molar-refractivity contribution < 1.29 is 14.6 Å². The number of nitrogens with zero attached hydrogens (tertiary/aromatic N) is 2. The number of para-hydroxylation sites is 1. The zero-order valence-electron chi connectivity index (χ0n) is 16.4. The van der Waals surface area contributed by atoms with E-state index in [1.54, 1.807) is 17.9 Å². The minimum atomic E-state index is -0.269. The Balaban J connectivity index is 1.66. The van der Waals surface area contributed by atoms with Gasteiger partial charge in [-0.05, 0) is 54.8 Å². The lowest BCUT2D eigenvalue weighted by Gasteiger charge is -2.14. The van der Waals surface area contributed by atoms with Crippen LogP contribution in [0.5, 0.6) is 5.75 Å². The van der Waals surface area contributed by atoms with Gasteiger partial charge in [0, 0.05) is 5.56 Å². The van der Waals surface area contributed by atoms with E-state index in [0.29, 0.717) is 11.6 Å². The average molecular weight is 391 g/mol. The maximum absolute atomic E-state index is 12.8. The molecule has 1 aliphatic rings. The number of carbonyl (C=O) groups excluding carboxylic acids is 1. The predicted molar refractivity (Wildman–Crippen MR) is 111 cm³/mol. The molecule has 0 saturated heterocycles. The molecule has 1 heterocycles. The van der Waals surface area contributed by atoms with Gasteiger partial charge in [0.15, 0.2) is 5.69 Å². The fourth-order valence-corrected chi connectivity index (χ4v) is 3.42. The van der Waals surface area contributed by atoms with E-state index < -0.39 is 0 Å². The number of rotatable bonds is 8. The predicted octanol–water partition coefficient (Wildman–Crippen LogP) is 3.44. The summed E-state index contributed by atoms with van der Waals surface area (Å²) in [4.78, 5) is 12.8. The molecule has 1 aromatic heterocycles.